The number of hydrogen-bond donors (Lipinski definition) is 0. The lowest BCUT2D eigenvalue weighted by atomic mass is 10.0. The molecule has 1 saturated heterocycles. The smallest absolute Gasteiger partial charge is 0.347 e. The molecule has 0 radical (unpaired) electrons. The fraction of sp³-hybridized carbons (Fsp3) is 0.333. The molecular weight excluding hydrogens is 356 g/mol. The number of hydrogen-bond acceptors (Lipinski definition) is 5. The van der Waals surface area contributed by atoms with Crippen molar-refractivity contribution >= 4 is 5.91 Å². The van der Waals surface area contributed by atoms with Gasteiger partial charge in [-0.15, -0.1) is 0 Å². The predicted molar refractivity (Wildman–Crippen MR) is 103 cm³/mol. The Kier molecular flexibility index (Phi) is 5.32. The molecule has 0 spiro atoms. The summed E-state index contributed by atoms with van der Waals surface area (Å²) >= 11 is 0. The third kappa shape index (κ3) is 4.03. The van der Waals surface area contributed by atoms with Crippen LogP contribution in [0.1, 0.15) is 42.5 Å². The molecule has 0 unspecified atom stereocenters. The van der Waals surface area contributed by atoms with Crippen molar-refractivity contribution in [3.05, 3.63) is 82.7 Å². The second-order valence-electron chi connectivity index (χ2n) is 6.96. The van der Waals surface area contributed by atoms with Crippen molar-refractivity contribution < 1.29 is 9.21 Å². The van der Waals surface area contributed by atoms with E-state index < -0.39 is 5.69 Å². The second-order valence-corrected chi connectivity index (χ2v) is 6.96. The Balaban J connectivity index is 1.50. The molecule has 1 aromatic carbocycles. The largest absolute Gasteiger partial charge is 0.443 e. The van der Waals surface area contributed by atoms with Gasteiger partial charge in [0.1, 0.15) is 18.3 Å². The van der Waals surface area contributed by atoms with E-state index in [-0.39, 0.29) is 18.5 Å². The van der Waals surface area contributed by atoms with Crippen LogP contribution in [0, 0.1) is 0 Å². The van der Waals surface area contributed by atoms with Crippen molar-refractivity contribution in [3.63, 3.8) is 0 Å². The SMILES string of the molecule is O=C(Cn1cccnc1=O)N1CCCC[C@@H]1c1ncc(Cc2ccccc2)o1. The highest BCUT2D eigenvalue weighted by Gasteiger charge is 2.31. The third-order valence-electron chi connectivity index (χ3n) is 4.99. The average molecular weight is 378 g/mol. The van der Waals surface area contributed by atoms with Gasteiger partial charge in [0.15, 0.2) is 0 Å². The Morgan fingerprint density at radius 2 is 2.00 bits per heavy atom. The number of amides is 1. The van der Waals surface area contributed by atoms with E-state index in [0.717, 1.165) is 30.6 Å². The van der Waals surface area contributed by atoms with Crippen LogP contribution in [0.5, 0.6) is 0 Å². The van der Waals surface area contributed by atoms with Crippen LogP contribution in [0.2, 0.25) is 0 Å². The molecule has 4 rings (SSSR count). The van der Waals surface area contributed by atoms with Gasteiger partial charge in [-0.25, -0.2) is 14.8 Å². The Morgan fingerprint density at radius 3 is 2.82 bits per heavy atom. The molecule has 1 aliphatic heterocycles. The number of benzene rings is 1. The van der Waals surface area contributed by atoms with Crippen LogP contribution in [0.3, 0.4) is 0 Å². The number of piperidine rings is 1. The highest BCUT2D eigenvalue weighted by molar-refractivity contribution is 5.76. The van der Waals surface area contributed by atoms with Gasteiger partial charge in [-0.05, 0) is 30.9 Å². The van der Waals surface area contributed by atoms with E-state index in [2.05, 4.69) is 9.97 Å². The molecule has 3 heterocycles. The molecule has 3 aromatic rings. The summed E-state index contributed by atoms with van der Waals surface area (Å²) in [6, 6.07) is 11.5. The van der Waals surface area contributed by atoms with Gasteiger partial charge in [0.2, 0.25) is 11.8 Å². The van der Waals surface area contributed by atoms with Crippen molar-refractivity contribution in [2.75, 3.05) is 6.54 Å². The fourth-order valence-corrected chi connectivity index (χ4v) is 3.59. The summed E-state index contributed by atoms with van der Waals surface area (Å²) in [6.07, 6.45) is 8.16. The molecule has 0 aliphatic carbocycles. The first kappa shape index (κ1) is 18.2. The Morgan fingerprint density at radius 1 is 1.14 bits per heavy atom. The van der Waals surface area contributed by atoms with E-state index in [0.29, 0.717) is 18.9 Å². The van der Waals surface area contributed by atoms with Crippen LogP contribution in [-0.4, -0.2) is 31.9 Å². The lowest BCUT2D eigenvalue weighted by molar-refractivity contribution is -0.136. The third-order valence-corrected chi connectivity index (χ3v) is 4.99. The van der Waals surface area contributed by atoms with Crippen LogP contribution in [-0.2, 0) is 17.8 Å². The van der Waals surface area contributed by atoms with Crippen LogP contribution >= 0.6 is 0 Å². The summed E-state index contributed by atoms with van der Waals surface area (Å²) in [7, 11) is 0. The summed E-state index contributed by atoms with van der Waals surface area (Å²) in [5.41, 5.74) is 0.725. The van der Waals surface area contributed by atoms with Crippen LogP contribution in [0.25, 0.3) is 0 Å². The highest BCUT2D eigenvalue weighted by Crippen LogP contribution is 2.31. The minimum absolute atomic E-state index is 0.0270. The van der Waals surface area contributed by atoms with Crippen molar-refractivity contribution in [1.82, 2.24) is 19.4 Å². The lowest BCUT2D eigenvalue weighted by Gasteiger charge is -2.33. The summed E-state index contributed by atoms with van der Waals surface area (Å²) in [5, 5.41) is 0. The number of likely N-dealkylation sites (tertiary alicyclic amines) is 1. The molecule has 0 saturated carbocycles. The minimum atomic E-state index is -0.425. The number of carbonyl (C=O) groups excluding carboxylic acids is 1. The number of nitrogens with zero attached hydrogens (tertiary/aromatic N) is 4. The number of rotatable bonds is 5. The van der Waals surface area contributed by atoms with Gasteiger partial charge in [-0.2, -0.15) is 0 Å². The van der Waals surface area contributed by atoms with Crippen molar-refractivity contribution in [3.8, 4) is 0 Å². The summed E-state index contributed by atoms with van der Waals surface area (Å²) < 4.78 is 7.32. The summed E-state index contributed by atoms with van der Waals surface area (Å²) in [6.45, 7) is 0.607. The van der Waals surface area contributed by atoms with E-state index in [1.54, 1.807) is 23.4 Å². The van der Waals surface area contributed by atoms with Crippen LogP contribution < -0.4 is 5.69 Å². The molecule has 7 nitrogen and oxygen atoms in total. The van der Waals surface area contributed by atoms with E-state index in [1.165, 1.54) is 10.8 Å². The standard InChI is InChI=1S/C21H22N4O3/c26-19(15-24-11-6-10-22-21(24)27)25-12-5-4-9-18(25)20-23-14-17(28-20)13-16-7-2-1-3-8-16/h1-3,6-8,10-11,14,18H,4-5,9,12-13,15H2/t18-/m1/s1. The van der Waals surface area contributed by atoms with Gasteiger partial charge < -0.3 is 9.32 Å². The summed E-state index contributed by atoms with van der Waals surface area (Å²) in [4.78, 5) is 34.6. The first-order valence-electron chi connectivity index (χ1n) is 9.50. The van der Waals surface area contributed by atoms with E-state index in [4.69, 9.17) is 4.42 Å². The minimum Gasteiger partial charge on any atom is -0.443 e. The van der Waals surface area contributed by atoms with Crippen molar-refractivity contribution in [2.45, 2.75) is 38.3 Å². The maximum Gasteiger partial charge on any atom is 0.347 e. The van der Waals surface area contributed by atoms with Gasteiger partial charge in [0.25, 0.3) is 0 Å². The first-order valence-corrected chi connectivity index (χ1v) is 9.50. The molecule has 7 heteroatoms. The fourth-order valence-electron chi connectivity index (χ4n) is 3.59. The Hall–Kier alpha value is -3.22. The summed E-state index contributed by atoms with van der Waals surface area (Å²) in [5.74, 6) is 1.22. The maximum absolute atomic E-state index is 12.9. The molecule has 0 N–H and O–H groups in total. The zero-order valence-electron chi connectivity index (χ0n) is 15.5. The molecule has 1 fully saturated rings. The van der Waals surface area contributed by atoms with Crippen molar-refractivity contribution in [2.24, 2.45) is 0 Å². The van der Waals surface area contributed by atoms with Crippen LogP contribution in [0.4, 0.5) is 0 Å². The Labute approximate surface area is 162 Å². The van der Waals surface area contributed by atoms with Crippen molar-refractivity contribution in [1.29, 1.82) is 0 Å². The van der Waals surface area contributed by atoms with Gasteiger partial charge in [0.05, 0.1) is 6.20 Å². The first-order chi connectivity index (χ1) is 13.7. The monoisotopic (exact) mass is 378 g/mol. The van der Waals surface area contributed by atoms with Crippen LogP contribution in [0.15, 0.2) is 64.2 Å². The molecule has 2 aromatic heterocycles. The normalized spacial score (nSPS) is 16.9. The Bertz CT molecular complexity index is 996. The van der Waals surface area contributed by atoms with E-state index in [1.807, 2.05) is 30.3 Å². The van der Waals surface area contributed by atoms with E-state index >= 15 is 0 Å². The van der Waals surface area contributed by atoms with Gasteiger partial charge in [0, 0.05) is 25.4 Å². The second kappa shape index (κ2) is 8.21. The van der Waals surface area contributed by atoms with Gasteiger partial charge in [-0.3, -0.25) is 9.36 Å². The topological polar surface area (TPSA) is 81.2 Å². The molecular formula is C21H22N4O3. The predicted octanol–water partition coefficient (Wildman–Crippen LogP) is 2.58. The highest BCUT2D eigenvalue weighted by atomic mass is 16.4. The van der Waals surface area contributed by atoms with E-state index in [9.17, 15) is 9.59 Å². The van der Waals surface area contributed by atoms with Gasteiger partial charge in [-0.1, -0.05) is 30.3 Å². The number of oxazole rings is 1. The molecule has 1 atom stereocenters. The molecule has 1 aliphatic rings. The lowest BCUT2D eigenvalue weighted by Crippen LogP contribution is -2.42. The zero-order valence-corrected chi connectivity index (χ0v) is 15.5. The number of carbonyl (C=O) groups is 1. The maximum atomic E-state index is 12.9. The van der Waals surface area contributed by atoms with Gasteiger partial charge >= 0.3 is 5.69 Å². The molecule has 144 valence electrons. The number of aromatic nitrogens is 3. The molecule has 28 heavy (non-hydrogen) atoms. The quantitative estimate of drug-likeness (QED) is 0.682. The molecule has 0 bridgehead atoms. The average Bonchev–Trinajstić information content (AvgIpc) is 3.19. The molecule has 1 amide bonds. The zero-order chi connectivity index (χ0) is 19.3.